The lowest BCUT2D eigenvalue weighted by Gasteiger charge is -2.36. The molecule has 0 unspecified atom stereocenters. The number of carbonyl (C=O) groups is 1. The van der Waals surface area contributed by atoms with E-state index >= 15 is 0 Å². The minimum Gasteiger partial charge on any atom is -0.430 e. The second-order valence-electron chi connectivity index (χ2n) is 5.77. The molecule has 2 fully saturated rings. The van der Waals surface area contributed by atoms with Crippen molar-refractivity contribution in [3.05, 3.63) is 18.0 Å². The molecule has 126 valence electrons. The molecule has 0 aromatic carbocycles. The van der Waals surface area contributed by atoms with Crippen LogP contribution in [-0.4, -0.2) is 47.6 Å². The van der Waals surface area contributed by atoms with Crippen molar-refractivity contribution in [1.29, 1.82) is 0 Å². The predicted octanol–water partition coefficient (Wildman–Crippen LogP) is 2.48. The summed E-state index contributed by atoms with van der Waals surface area (Å²) in [6, 6.07) is 1.49. The van der Waals surface area contributed by atoms with Gasteiger partial charge in [-0.3, -0.25) is 0 Å². The average Bonchev–Trinajstić information content (AvgIpc) is 2.86. The largest absolute Gasteiger partial charge is 0.509 e. The minimum absolute atomic E-state index is 0.164. The molecule has 0 bridgehead atoms. The molecule has 9 heteroatoms. The number of halogens is 3. The summed E-state index contributed by atoms with van der Waals surface area (Å²) in [4.78, 5) is 21.3. The minimum atomic E-state index is -4.20. The van der Waals surface area contributed by atoms with Crippen LogP contribution in [0.4, 0.5) is 23.9 Å². The smallest absolute Gasteiger partial charge is 0.430 e. The maximum absolute atomic E-state index is 12.3. The molecular weight excluding hydrogens is 315 g/mol. The van der Waals surface area contributed by atoms with Crippen LogP contribution in [0.25, 0.3) is 0 Å². The van der Waals surface area contributed by atoms with Gasteiger partial charge in [-0.1, -0.05) is 0 Å². The maximum Gasteiger partial charge on any atom is 0.509 e. The summed E-state index contributed by atoms with van der Waals surface area (Å²) in [5.41, 5.74) is -0.218. The van der Waals surface area contributed by atoms with E-state index in [4.69, 9.17) is 9.47 Å². The zero-order valence-electron chi connectivity index (χ0n) is 12.3. The molecule has 1 aromatic rings. The summed E-state index contributed by atoms with van der Waals surface area (Å²) in [7, 11) is 0. The van der Waals surface area contributed by atoms with Crippen molar-refractivity contribution < 1.29 is 27.4 Å². The summed E-state index contributed by atoms with van der Waals surface area (Å²) < 4.78 is 46.9. The van der Waals surface area contributed by atoms with Crippen molar-refractivity contribution in [3.8, 4) is 0 Å². The van der Waals surface area contributed by atoms with E-state index in [0.717, 1.165) is 0 Å². The highest BCUT2D eigenvalue weighted by molar-refractivity contribution is 5.62. The lowest BCUT2D eigenvalue weighted by Crippen LogP contribution is -2.46. The highest BCUT2D eigenvalue weighted by Crippen LogP contribution is 2.32. The standard InChI is InChI=1S/C14H16F3N3O3/c15-14(16,17)3-1-10-2-6-18-11(19-10)20-7-4-13(5-8-20)9-22-12(21)23-13/h2,6H,1,3-5,7-9H2. The molecule has 0 saturated carbocycles. The maximum atomic E-state index is 12.3. The second-order valence-corrected chi connectivity index (χ2v) is 5.77. The molecule has 0 amide bonds. The van der Waals surface area contributed by atoms with Crippen LogP contribution >= 0.6 is 0 Å². The Morgan fingerprint density at radius 3 is 2.65 bits per heavy atom. The summed E-state index contributed by atoms with van der Waals surface area (Å²) in [6.07, 6.45) is -3.29. The van der Waals surface area contributed by atoms with Crippen molar-refractivity contribution in [2.45, 2.75) is 37.5 Å². The summed E-state index contributed by atoms with van der Waals surface area (Å²) in [6.45, 7) is 1.35. The van der Waals surface area contributed by atoms with Crippen molar-refractivity contribution in [2.75, 3.05) is 24.6 Å². The Morgan fingerprint density at radius 1 is 1.30 bits per heavy atom. The second kappa shape index (κ2) is 5.86. The van der Waals surface area contributed by atoms with Gasteiger partial charge < -0.3 is 14.4 Å². The van der Waals surface area contributed by atoms with Gasteiger partial charge in [0.25, 0.3) is 0 Å². The Labute approximate surface area is 130 Å². The normalized spacial score (nSPS) is 20.5. The first-order chi connectivity index (χ1) is 10.9. The van der Waals surface area contributed by atoms with Crippen LogP contribution in [0.15, 0.2) is 12.3 Å². The number of rotatable bonds is 3. The number of nitrogens with zero attached hydrogens (tertiary/aromatic N) is 3. The number of cyclic esters (lactones) is 1. The fourth-order valence-corrected chi connectivity index (χ4v) is 2.73. The quantitative estimate of drug-likeness (QED) is 0.793. The summed E-state index contributed by atoms with van der Waals surface area (Å²) in [5, 5.41) is 0. The molecule has 2 aliphatic heterocycles. The predicted molar refractivity (Wildman–Crippen MR) is 73.0 cm³/mol. The topological polar surface area (TPSA) is 64.5 Å². The molecule has 0 radical (unpaired) electrons. The number of hydrogen-bond acceptors (Lipinski definition) is 6. The molecular formula is C14H16F3N3O3. The Morgan fingerprint density at radius 2 is 2.04 bits per heavy atom. The number of ether oxygens (including phenoxy) is 2. The summed E-state index contributed by atoms with van der Waals surface area (Å²) >= 11 is 0. The molecule has 0 atom stereocenters. The third kappa shape index (κ3) is 3.83. The number of anilines is 1. The van der Waals surface area contributed by atoms with Gasteiger partial charge in [0.2, 0.25) is 5.95 Å². The first-order valence-corrected chi connectivity index (χ1v) is 7.35. The molecule has 3 heterocycles. The van der Waals surface area contributed by atoms with Gasteiger partial charge in [-0.15, -0.1) is 0 Å². The van der Waals surface area contributed by atoms with Crippen LogP contribution in [0.3, 0.4) is 0 Å². The van der Waals surface area contributed by atoms with E-state index in [0.29, 0.717) is 37.6 Å². The Balaban J connectivity index is 1.61. The van der Waals surface area contributed by atoms with Gasteiger partial charge in [0, 0.05) is 44.2 Å². The number of aryl methyl sites for hydroxylation is 1. The first kappa shape index (κ1) is 15.8. The van der Waals surface area contributed by atoms with E-state index in [1.807, 2.05) is 4.90 Å². The number of carbonyl (C=O) groups excluding carboxylic acids is 1. The number of alkyl halides is 3. The molecule has 6 nitrogen and oxygen atoms in total. The highest BCUT2D eigenvalue weighted by atomic mass is 19.4. The van der Waals surface area contributed by atoms with Crippen molar-refractivity contribution in [1.82, 2.24) is 9.97 Å². The van der Waals surface area contributed by atoms with Gasteiger partial charge in [-0.25, -0.2) is 14.8 Å². The van der Waals surface area contributed by atoms with Crippen molar-refractivity contribution in [2.24, 2.45) is 0 Å². The number of hydrogen-bond donors (Lipinski definition) is 0. The van der Waals surface area contributed by atoms with E-state index in [-0.39, 0.29) is 13.0 Å². The number of piperidine rings is 1. The highest BCUT2D eigenvalue weighted by Gasteiger charge is 2.45. The molecule has 0 N–H and O–H groups in total. The summed E-state index contributed by atoms with van der Waals surface area (Å²) in [5.74, 6) is 0.407. The molecule has 0 aliphatic carbocycles. The fraction of sp³-hybridized carbons (Fsp3) is 0.643. The Hall–Kier alpha value is -2.06. The van der Waals surface area contributed by atoms with Crippen molar-refractivity contribution in [3.63, 3.8) is 0 Å². The van der Waals surface area contributed by atoms with E-state index in [1.165, 1.54) is 12.3 Å². The van der Waals surface area contributed by atoms with E-state index in [9.17, 15) is 18.0 Å². The van der Waals surface area contributed by atoms with Crippen LogP contribution < -0.4 is 4.90 Å². The SMILES string of the molecule is O=C1OCC2(CCN(c3nccc(CCC(F)(F)F)n3)CC2)O1. The van der Waals surface area contributed by atoms with E-state index in [2.05, 4.69) is 9.97 Å². The number of aromatic nitrogens is 2. The molecule has 2 saturated heterocycles. The fourth-order valence-electron chi connectivity index (χ4n) is 2.73. The Kier molecular flexibility index (Phi) is 4.03. The van der Waals surface area contributed by atoms with Gasteiger partial charge in [-0.2, -0.15) is 13.2 Å². The molecule has 2 aliphatic rings. The zero-order chi connectivity index (χ0) is 16.5. The van der Waals surface area contributed by atoms with Crippen molar-refractivity contribution >= 4 is 12.1 Å². The average molecular weight is 331 g/mol. The Bertz CT molecular complexity index is 586. The van der Waals surface area contributed by atoms with Crippen LogP contribution in [0.5, 0.6) is 0 Å². The van der Waals surface area contributed by atoms with E-state index in [1.54, 1.807) is 0 Å². The third-order valence-corrected chi connectivity index (χ3v) is 4.08. The van der Waals surface area contributed by atoms with Gasteiger partial charge >= 0.3 is 12.3 Å². The van der Waals surface area contributed by atoms with Gasteiger partial charge in [0.05, 0.1) is 0 Å². The van der Waals surface area contributed by atoms with Crippen LogP contribution in [0.2, 0.25) is 0 Å². The van der Waals surface area contributed by atoms with E-state index < -0.39 is 24.4 Å². The third-order valence-electron chi connectivity index (χ3n) is 4.08. The van der Waals surface area contributed by atoms with Gasteiger partial charge in [0.1, 0.15) is 6.61 Å². The lowest BCUT2D eigenvalue weighted by atomic mass is 9.92. The molecule has 1 spiro atoms. The van der Waals surface area contributed by atoms with Crippen LogP contribution in [0, 0.1) is 0 Å². The molecule has 23 heavy (non-hydrogen) atoms. The van der Waals surface area contributed by atoms with Gasteiger partial charge in [0.15, 0.2) is 5.60 Å². The zero-order valence-corrected chi connectivity index (χ0v) is 12.3. The monoisotopic (exact) mass is 331 g/mol. The van der Waals surface area contributed by atoms with Crippen LogP contribution in [-0.2, 0) is 15.9 Å². The first-order valence-electron chi connectivity index (χ1n) is 7.35. The molecule has 1 aromatic heterocycles. The van der Waals surface area contributed by atoms with Gasteiger partial charge in [-0.05, 0) is 12.5 Å². The van der Waals surface area contributed by atoms with Crippen LogP contribution in [0.1, 0.15) is 25.0 Å². The lowest BCUT2D eigenvalue weighted by molar-refractivity contribution is -0.134. The molecule has 3 rings (SSSR count).